The van der Waals surface area contributed by atoms with Gasteiger partial charge in [0.2, 0.25) is 0 Å². The lowest BCUT2D eigenvalue weighted by atomic mass is 9.98. The molecule has 0 bridgehead atoms. The first-order chi connectivity index (χ1) is 16.5. The van der Waals surface area contributed by atoms with E-state index in [0.717, 1.165) is 34.7 Å². The molecule has 35 heavy (non-hydrogen) atoms. The van der Waals surface area contributed by atoms with Crippen LogP contribution < -0.4 is 9.64 Å². The largest absolute Gasteiger partial charge is 0.507 e. The summed E-state index contributed by atoms with van der Waals surface area (Å²) in [7, 11) is 0. The van der Waals surface area contributed by atoms with E-state index in [2.05, 4.69) is 0 Å². The van der Waals surface area contributed by atoms with Crippen molar-refractivity contribution in [3.63, 3.8) is 0 Å². The van der Waals surface area contributed by atoms with Gasteiger partial charge >= 0.3 is 6.18 Å². The van der Waals surface area contributed by atoms with Gasteiger partial charge in [0.25, 0.3) is 11.7 Å². The number of thiophene rings is 1. The molecule has 182 valence electrons. The highest BCUT2D eigenvalue weighted by molar-refractivity contribution is 7.10. The Hall–Kier alpha value is -3.59. The molecule has 4 rings (SSSR count). The van der Waals surface area contributed by atoms with Crippen molar-refractivity contribution in [2.75, 3.05) is 4.90 Å². The fourth-order valence-corrected chi connectivity index (χ4v) is 4.97. The molecule has 1 unspecified atom stereocenters. The first-order valence-electron chi connectivity index (χ1n) is 10.8. The number of anilines is 1. The van der Waals surface area contributed by atoms with Crippen molar-refractivity contribution in [3.8, 4) is 5.75 Å². The summed E-state index contributed by atoms with van der Waals surface area (Å²) in [6.07, 6.45) is -4.59. The highest BCUT2D eigenvalue weighted by Gasteiger charge is 2.48. The van der Waals surface area contributed by atoms with E-state index in [1.54, 1.807) is 36.6 Å². The molecule has 1 saturated heterocycles. The van der Waals surface area contributed by atoms with E-state index in [-0.39, 0.29) is 23.1 Å². The molecule has 2 heterocycles. The van der Waals surface area contributed by atoms with Gasteiger partial charge in [0, 0.05) is 16.1 Å². The average molecular weight is 502 g/mol. The lowest BCUT2D eigenvalue weighted by Crippen LogP contribution is -2.29. The fourth-order valence-electron chi connectivity index (χ4n) is 3.94. The topological polar surface area (TPSA) is 66.8 Å². The summed E-state index contributed by atoms with van der Waals surface area (Å²) in [5, 5.41) is 12.9. The van der Waals surface area contributed by atoms with Gasteiger partial charge in [-0.1, -0.05) is 0 Å². The van der Waals surface area contributed by atoms with E-state index in [1.165, 1.54) is 11.3 Å². The number of ether oxygens (including phenoxy) is 1. The number of rotatable bonds is 5. The number of carbonyl (C=O) groups excluding carboxylic acids is 2. The predicted molar refractivity (Wildman–Crippen MR) is 127 cm³/mol. The van der Waals surface area contributed by atoms with Crippen molar-refractivity contribution >= 4 is 34.5 Å². The Kier molecular flexibility index (Phi) is 6.46. The quantitative estimate of drug-likeness (QED) is 0.247. The highest BCUT2D eigenvalue weighted by Crippen LogP contribution is 2.45. The first-order valence-corrected chi connectivity index (χ1v) is 11.7. The normalized spacial score (nSPS) is 17.9. The summed E-state index contributed by atoms with van der Waals surface area (Å²) in [5.41, 5.74) is 0.220. The smallest absolute Gasteiger partial charge is 0.416 e. The zero-order valence-corrected chi connectivity index (χ0v) is 19.9. The maximum Gasteiger partial charge on any atom is 0.416 e. The third kappa shape index (κ3) is 4.68. The molecule has 1 aliphatic heterocycles. The molecule has 1 aliphatic rings. The lowest BCUT2D eigenvalue weighted by Gasteiger charge is -2.25. The number of aliphatic hydroxyl groups excluding tert-OH is 1. The summed E-state index contributed by atoms with van der Waals surface area (Å²) in [4.78, 5) is 28.0. The van der Waals surface area contributed by atoms with Gasteiger partial charge in [-0.25, -0.2) is 0 Å². The van der Waals surface area contributed by atoms with Crippen LogP contribution in [-0.2, 0) is 15.8 Å². The van der Waals surface area contributed by atoms with Crippen LogP contribution in [0.5, 0.6) is 5.75 Å². The fraction of sp³-hybridized carbons (Fsp3) is 0.231. The number of aryl methyl sites for hydroxylation is 1. The second-order valence-electron chi connectivity index (χ2n) is 8.37. The molecule has 5 nitrogen and oxygen atoms in total. The molecule has 0 saturated carbocycles. The third-order valence-electron chi connectivity index (χ3n) is 5.57. The van der Waals surface area contributed by atoms with E-state index >= 15 is 0 Å². The standard InChI is InChI=1S/C26H22F3NO4S/c1-14(2)34-19-10-4-16(5-11-19)22(31)20-21(24-15(3)12-13-35-24)30(25(33)23(20)32)18-8-6-17(7-9-18)26(27,28)29/h4-14,21,31H,1-3H3/b22-20-. The summed E-state index contributed by atoms with van der Waals surface area (Å²) >= 11 is 1.29. The summed E-state index contributed by atoms with van der Waals surface area (Å²) in [6, 6.07) is 11.3. The lowest BCUT2D eigenvalue weighted by molar-refractivity contribution is -0.137. The number of nitrogens with zero attached hydrogens (tertiary/aromatic N) is 1. The van der Waals surface area contributed by atoms with Gasteiger partial charge in [-0.2, -0.15) is 13.2 Å². The minimum Gasteiger partial charge on any atom is -0.507 e. The van der Waals surface area contributed by atoms with Gasteiger partial charge in [0.1, 0.15) is 17.6 Å². The van der Waals surface area contributed by atoms with Crippen molar-refractivity contribution in [2.24, 2.45) is 0 Å². The van der Waals surface area contributed by atoms with Crippen LogP contribution in [-0.4, -0.2) is 22.9 Å². The van der Waals surface area contributed by atoms with E-state index in [1.807, 2.05) is 19.9 Å². The van der Waals surface area contributed by atoms with Crippen molar-refractivity contribution in [2.45, 2.75) is 39.1 Å². The van der Waals surface area contributed by atoms with Crippen LogP contribution >= 0.6 is 11.3 Å². The highest BCUT2D eigenvalue weighted by atomic mass is 32.1. The van der Waals surface area contributed by atoms with E-state index in [9.17, 15) is 27.9 Å². The molecule has 2 aromatic carbocycles. The number of amides is 1. The number of aliphatic hydroxyl groups is 1. The number of alkyl halides is 3. The number of Topliss-reactive ketones (excluding diaryl/α,β-unsaturated/α-hetero) is 1. The molecule has 0 radical (unpaired) electrons. The van der Waals surface area contributed by atoms with Crippen molar-refractivity contribution < 1.29 is 32.6 Å². The Morgan fingerprint density at radius 1 is 1.03 bits per heavy atom. The number of halogens is 3. The monoisotopic (exact) mass is 501 g/mol. The Morgan fingerprint density at radius 3 is 2.17 bits per heavy atom. The van der Waals surface area contributed by atoms with E-state index < -0.39 is 29.5 Å². The van der Waals surface area contributed by atoms with Crippen LogP contribution in [0.1, 0.15) is 41.5 Å². The summed E-state index contributed by atoms with van der Waals surface area (Å²) < 4.78 is 44.8. The van der Waals surface area contributed by atoms with E-state index in [4.69, 9.17) is 4.74 Å². The van der Waals surface area contributed by atoms with Crippen molar-refractivity contribution in [1.82, 2.24) is 0 Å². The minimum absolute atomic E-state index is 0.0506. The summed E-state index contributed by atoms with van der Waals surface area (Å²) in [5.74, 6) is -1.63. The van der Waals surface area contributed by atoms with Crippen LogP contribution in [0.2, 0.25) is 0 Å². The van der Waals surface area contributed by atoms with E-state index in [0.29, 0.717) is 16.2 Å². The molecule has 0 spiro atoms. The number of hydrogen-bond donors (Lipinski definition) is 1. The van der Waals surface area contributed by atoms with Crippen LogP contribution in [0.15, 0.2) is 65.6 Å². The molecule has 1 aromatic heterocycles. The Bertz CT molecular complexity index is 1290. The molecule has 1 N–H and O–H groups in total. The zero-order valence-electron chi connectivity index (χ0n) is 19.1. The predicted octanol–water partition coefficient (Wildman–Crippen LogP) is 6.49. The van der Waals surface area contributed by atoms with Crippen LogP contribution in [0.25, 0.3) is 5.76 Å². The van der Waals surface area contributed by atoms with Gasteiger partial charge in [-0.15, -0.1) is 11.3 Å². The average Bonchev–Trinajstić information content (AvgIpc) is 3.33. The number of ketones is 1. The molecule has 9 heteroatoms. The van der Waals surface area contributed by atoms with Crippen molar-refractivity contribution in [3.05, 3.63) is 87.1 Å². The first kappa shape index (κ1) is 24.5. The number of hydrogen-bond acceptors (Lipinski definition) is 5. The third-order valence-corrected chi connectivity index (χ3v) is 6.64. The SMILES string of the molecule is Cc1ccsc1C1/C(=C(/O)c2ccc(OC(C)C)cc2)C(=O)C(=O)N1c1ccc(C(F)(F)F)cc1. The Labute approximate surface area is 204 Å². The molecule has 1 fully saturated rings. The molecule has 1 amide bonds. The maximum atomic E-state index is 13.2. The van der Waals surface area contributed by atoms with Gasteiger partial charge in [-0.3, -0.25) is 14.5 Å². The number of benzene rings is 2. The Morgan fingerprint density at radius 2 is 1.66 bits per heavy atom. The number of carbonyl (C=O) groups is 2. The van der Waals surface area contributed by atoms with Crippen LogP contribution in [0.4, 0.5) is 18.9 Å². The van der Waals surface area contributed by atoms with Gasteiger partial charge in [0.15, 0.2) is 0 Å². The second-order valence-corrected chi connectivity index (χ2v) is 9.32. The molecular formula is C26H22F3NO4S. The zero-order chi connectivity index (χ0) is 25.5. The second kappa shape index (κ2) is 9.22. The van der Waals surface area contributed by atoms with Crippen LogP contribution in [0.3, 0.4) is 0 Å². The molecule has 0 aliphatic carbocycles. The van der Waals surface area contributed by atoms with Crippen molar-refractivity contribution in [1.29, 1.82) is 0 Å². The Balaban J connectivity index is 1.83. The minimum atomic E-state index is -4.54. The van der Waals surface area contributed by atoms with Gasteiger partial charge in [-0.05, 0) is 86.3 Å². The van der Waals surface area contributed by atoms with Gasteiger partial charge in [0.05, 0.1) is 17.2 Å². The summed E-state index contributed by atoms with van der Waals surface area (Å²) in [6.45, 7) is 5.55. The molecule has 1 atom stereocenters. The van der Waals surface area contributed by atoms with Gasteiger partial charge < -0.3 is 9.84 Å². The van der Waals surface area contributed by atoms with Crippen LogP contribution in [0, 0.1) is 6.92 Å². The molecule has 3 aromatic rings. The molecular weight excluding hydrogens is 479 g/mol. The maximum absolute atomic E-state index is 13.2.